The van der Waals surface area contributed by atoms with Crippen molar-refractivity contribution in [2.45, 2.75) is 20.3 Å². The van der Waals surface area contributed by atoms with Crippen molar-refractivity contribution in [3.63, 3.8) is 0 Å². The first-order valence-electron chi connectivity index (χ1n) is 3.88. The third-order valence-corrected chi connectivity index (χ3v) is 2.92. The predicted molar refractivity (Wildman–Crippen MR) is 49.6 cm³/mol. The van der Waals surface area contributed by atoms with Crippen LogP contribution in [0.4, 0.5) is 0 Å². The van der Waals surface area contributed by atoms with E-state index < -0.39 is 0 Å². The average Bonchev–Trinajstić information content (AvgIpc) is 2.45. The zero-order chi connectivity index (χ0) is 9.14. The topological polar surface area (TPSA) is 56.0 Å². The van der Waals surface area contributed by atoms with Crippen LogP contribution >= 0.6 is 11.3 Å². The Balaban J connectivity index is 2.99. The number of carbonyl (C=O) groups excluding carboxylic acids is 1. The van der Waals surface area contributed by atoms with Crippen molar-refractivity contribution in [1.82, 2.24) is 4.98 Å². The molecule has 0 saturated heterocycles. The molecule has 0 aliphatic rings. The summed E-state index contributed by atoms with van der Waals surface area (Å²) in [4.78, 5) is 16.2. The summed E-state index contributed by atoms with van der Waals surface area (Å²) in [5.74, 6) is -0.00954. The smallest absolute Gasteiger partial charge is 0.188 e. The number of hydrogen-bond acceptors (Lipinski definition) is 4. The molecule has 0 saturated carbocycles. The van der Waals surface area contributed by atoms with E-state index in [4.69, 9.17) is 5.73 Å². The van der Waals surface area contributed by atoms with Gasteiger partial charge in [0.05, 0.1) is 22.1 Å². The molecule has 2 N–H and O–H groups in total. The third-order valence-electron chi connectivity index (χ3n) is 1.58. The summed E-state index contributed by atoms with van der Waals surface area (Å²) >= 11 is 1.45. The van der Waals surface area contributed by atoms with E-state index in [1.54, 1.807) is 0 Å². The van der Waals surface area contributed by atoms with Crippen LogP contribution in [0.5, 0.6) is 0 Å². The normalized spacial score (nSPS) is 10.2. The third kappa shape index (κ3) is 1.70. The van der Waals surface area contributed by atoms with Gasteiger partial charge < -0.3 is 5.73 Å². The second kappa shape index (κ2) is 3.78. The minimum Gasteiger partial charge on any atom is -0.324 e. The summed E-state index contributed by atoms with van der Waals surface area (Å²) < 4.78 is 0. The fraction of sp³-hybridized carbons (Fsp3) is 0.500. The maximum atomic E-state index is 11.2. The van der Waals surface area contributed by atoms with E-state index in [1.165, 1.54) is 11.3 Å². The van der Waals surface area contributed by atoms with Crippen LogP contribution in [0.15, 0.2) is 0 Å². The molecule has 0 atom stereocenters. The van der Waals surface area contributed by atoms with Gasteiger partial charge >= 0.3 is 0 Å². The maximum Gasteiger partial charge on any atom is 0.188 e. The van der Waals surface area contributed by atoms with Crippen LogP contribution in [0.2, 0.25) is 0 Å². The molecular weight excluding hydrogens is 172 g/mol. The van der Waals surface area contributed by atoms with E-state index in [-0.39, 0.29) is 12.3 Å². The van der Waals surface area contributed by atoms with E-state index in [1.807, 2.05) is 13.8 Å². The van der Waals surface area contributed by atoms with Gasteiger partial charge in [0.1, 0.15) is 0 Å². The second-order valence-corrected chi connectivity index (χ2v) is 3.59. The van der Waals surface area contributed by atoms with Crippen molar-refractivity contribution in [1.29, 1.82) is 0 Å². The summed E-state index contributed by atoms with van der Waals surface area (Å²) in [5.41, 5.74) is 6.07. The Bertz CT molecular complexity index is 293. The number of thiazole rings is 1. The van der Waals surface area contributed by atoms with Crippen LogP contribution in [0.25, 0.3) is 0 Å². The monoisotopic (exact) mass is 184 g/mol. The van der Waals surface area contributed by atoms with E-state index in [9.17, 15) is 4.79 Å². The second-order valence-electron chi connectivity index (χ2n) is 2.50. The molecule has 3 nitrogen and oxygen atoms in total. The Morgan fingerprint density at radius 2 is 2.33 bits per heavy atom. The van der Waals surface area contributed by atoms with Gasteiger partial charge in [0.25, 0.3) is 0 Å². The van der Waals surface area contributed by atoms with Gasteiger partial charge in [-0.1, -0.05) is 6.92 Å². The molecule has 66 valence electrons. The van der Waals surface area contributed by atoms with Crippen molar-refractivity contribution in [2.24, 2.45) is 5.73 Å². The number of carbonyl (C=O) groups is 1. The Labute approximate surface area is 75.6 Å². The summed E-state index contributed by atoms with van der Waals surface area (Å²) in [5, 5.41) is 1.00. The first-order chi connectivity index (χ1) is 5.69. The number of Topliss-reactive ketones (excluding diaryl/α,β-unsaturated/α-hetero) is 1. The number of nitrogens with zero attached hydrogens (tertiary/aromatic N) is 1. The molecular formula is C8H12N2OS. The molecule has 0 spiro atoms. The predicted octanol–water partition coefficient (Wildman–Crippen LogP) is 1.16. The molecule has 0 radical (unpaired) electrons. The fourth-order valence-electron chi connectivity index (χ4n) is 0.955. The molecule has 1 aromatic rings. The van der Waals surface area contributed by atoms with E-state index in [2.05, 4.69) is 4.98 Å². The molecule has 1 rings (SSSR count). The van der Waals surface area contributed by atoms with Gasteiger partial charge in [-0.05, 0) is 13.3 Å². The van der Waals surface area contributed by atoms with E-state index in [0.29, 0.717) is 4.88 Å². The molecule has 12 heavy (non-hydrogen) atoms. The van der Waals surface area contributed by atoms with Gasteiger partial charge in [0.15, 0.2) is 5.78 Å². The number of nitrogens with two attached hydrogens (primary N) is 1. The van der Waals surface area contributed by atoms with Crippen LogP contribution in [0.1, 0.15) is 27.3 Å². The maximum absolute atomic E-state index is 11.2. The molecule has 0 amide bonds. The zero-order valence-corrected chi connectivity index (χ0v) is 8.07. The fourth-order valence-corrected chi connectivity index (χ4v) is 1.91. The minimum atomic E-state index is -0.00954. The Kier molecular flexibility index (Phi) is 2.94. The molecule has 1 aromatic heterocycles. The number of hydrogen-bond donors (Lipinski definition) is 1. The van der Waals surface area contributed by atoms with Gasteiger partial charge in [-0.15, -0.1) is 11.3 Å². The molecule has 1 heterocycles. The lowest BCUT2D eigenvalue weighted by Crippen LogP contribution is -2.13. The van der Waals surface area contributed by atoms with Crippen LogP contribution in [-0.4, -0.2) is 17.3 Å². The van der Waals surface area contributed by atoms with Crippen molar-refractivity contribution in [3.8, 4) is 0 Å². The SMILES string of the molecule is CCc1nc(C)c(C(=O)CN)s1. The number of aryl methyl sites for hydroxylation is 2. The number of aromatic nitrogens is 1. The van der Waals surface area contributed by atoms with Crippen molar-refractivity contribution in [2.75, 3.05) is 6.54 Å². The molecule has 4 heteroatoms. The van der Waals surface area contributed by atoms with Gasteiger partial charge in [0, 0.05) is 0 Å². The van der Waals surface area contributed by atoms with Gasteiger partial charge in [-0.25, -0.2) is 4.98 Å². The van der Waals surface area contributed by atoms with Crippen molar-refractivity contribution >= 4 is 17.1 Å². The van der Waals surface area contributed by atoms with E-state index >= 15 is 0 Å². The summed E-state index contributed by atoms with van der Waals surface area (Å²) in [6.45, 7) is 3.94. The van der Waals surface area contributed by atoms with Crippen molar-refractivity contribution in [3.05, 3.63) is 15.6 Å². The Morgan fingerprint density at radius 1 is 1.67 bits per heavy atom. The Morgan fingerprint density at radius 3 is 2.75 bits per heavy atom. The number of rotatable bonds is 3. The van der Waals surface area contributed by atoms with Crippen LogP contribution in [-0.2, 0) is 6.42 Å². The highest BCUT2D eigenvalue weighted by atomic mass is 32.1. The lowest BCUT2D eigenvalue weighted by Gasteiger charge is -1.90. The molecule has 0 unspecified atom stereocenters. The molecule has 0 aromatic carbocycles. The standard InChI is InChI=1S/C8H12N2OS/c1-3-7-10-5(2)8(12-7)6(11)4-9/h3-4,9H2,1-2H3. The minimum absolute atomic E-state index is 0.00954. The quantitative estimate of drug-likeness (QED) is 0.717. The highest BCUT2D eigenvalue weighted by Gasteiger charge is 2.12. The highest BCUT2D eigenvalue weighted by molar-refractivity contribution is 7.13. The Hall–Kier alpha value is -0.740. The van der Waals surface area contributed by atoms with Crippen LogP contribution < -0.4 is 5.73 Å². The van der Waals surface area contributed by atoms with Crippen molar-refractivity contribution < 1.29 is 4.79 Å². The molecule has 0 bridgehead atoms. The molecule has 0 aliphatic heterocycles. The summed E-state index contributed by atoms with van der Waals surface area (Å²) in [6, 6.07) is 0. The van der Waals surface area contributed by atoms with E-state index in [0.717, 1.165) is 17.1 Å². The van der Waals surface area contributed by atoms with Gasteiger partial charge in [0.2, 0.25) is 0 Å². The molecule has 0 aliphatic carbocycles. The average molecular weight is 184 g/mol. The number of ketones is 1. The summed E-state index contributed by atoms with van der Waals surface area (Å²) in [6.07, 6.45) is 0.878. The first-order valence-corrected chi connectivity index (χ1v) is 4.70. The van der Waals surface area contributed by atoms with Crippen LogP contribution in [0, 0.1) is 6.92 Å². The zero-order valence-electron chi connectivity index (χ0n) is 7.26. The largest absolute Gasteiger partial charge is 0.324 e. The van der Waals surface area contributed by atoms with Crippen LogP contribution in [0.3, 0.4) is 0 Å². The molecule has 0 fully saturated rings. The van der Waals surface area contributed by atoms with Gasteiger partial charge in [-0.3, -0.25) is 4.79 Å². The lowest BCUT2D eigenvalue weighted by molar-refractivity contribution is 0.100. The highest BCUT2D eigenvalue weighted by Crippen LogP contribution is 2.18. The first kappa shape index (κ1) is 9.35. The van der Waals surface area contributed by atoms with Gasteiger partial charge in [-0.2, -0.15) is 0 Å². The summed E-state index contributed by atoms with van der Waals surface area (Å²) in [7, 11) is 0. The lowest BCUT2D eigenvalue weighted by atomic mass is 10.3.